The number of rotatable bonds is 5. The molecule has 0 aliphatic carbocycles. The summed E-state index contributed by atoms with van der Waals surface area (Å²) in [6.45, 7) is 2.63. The molecule has 0 aliphatic heterocycles. The number of hydrogen-bond donors (Lipinski definition) is 0. The molecule has 0 spiro atoms. The smallest absolute Gasteiger partial charge is 0.360 e. The fourth-order valence-corrected chi connectivity index (χ4v) is 2.73. The van der Waals surface area contributed by atoms with Gasteiger partial charge in [-0.15, -0.1) is 5.10 Å². The summed E-state index contributed by atoms with van der Waals surface area (Å²) in [7, 11) is 0. The van der Waals surface area contributed by atoms with E-state index in [0.29, 0.717) is 12.2 Å². The quantitative estimate of drug-likeness (QED) is 0.519. The Morgan fingerprint density at radius 2 is 1.96 bits per heavy atom. The summed E-state index contributed by atoms with van der Waals surface area (Å²) in [5, 5.41) is 7.87. The largest absolute Gasteiger partial charge is 0.454 e. The molecule has 3 aromatic heterocycles. The first-order chi connectivity index (χ1) is 12.7. The highest BCUT2D eigenvalue weighted by Gasteiger charge is 2.14. The summed E-state index contributed by atoms with van der Waals surface area (Å²) in [5.74, 6) is -0.516. The van der Waals surface area contributed by atoms with Crippen LogP contribution >= 0.6 is 0 Å². The van der Waals surface area contributed by atoms with Gasteiger partial charge in [0.05, 0.1) is 18.4 Å². The average molecular weight is 347 g/mol. The van der Waals surface area contributed by atoms with E-state index >= 15 is 0 Å². The molecule has 0 amide bonds. The summed E-state index contributed by atoms with van der Waals surface area (Å²) >= 11 is 0. The van der Waals surface area contributed by atoms with E-state index in [2.05, 4.69) is 15.3 Å². The fraction of sp³-hybridized carbons (Fsp3) is 0.158. The first-order valence-electron chi connectivity index (χ1n) is 8.23. The van der Waals surface area contributed by atoms with E-state index in [1.807, 2.05) is 66.2 Å². The van der Waals surface area contributed by atoms with Gasteiger partial charge in [0.25, 0.3) is 0 Å². The Bertz CT molecular complexity index is 1050. The molecule has 0 radical (unpaired) electrons. The molecule has 1 aromatic carbocycles. The highest BCUT2D eigenvalue weighted by atomic mass is 16.5. The Hall–Kier alpha value is -3.48. The lowest BCUT2D eigenvalue weighted by atomic mass is 10.2. The van der Waals surface area contributed by atoms with Gasteiger partial charge in [0, 0.05) is 12.4 Å². The Kier molecular flexibility index (Phi) is 4.18. The number of carbonyl (C=O) groups excluding carboxylic acids is 1. The van der Waals surface area contributed by atoms with Crippen molar-refractivity contribution in [2.75, 3.05) is 0 Å². The van der Waals surface area contributed by atoms with Crippen molar-refractivity contribution in [1.29, 1.82) is 0 Å². The van der Waals surface area contributed by atoms with E-state index in [4.69, 9.17) is 4.74 Å². The van der Waals surface area contributed by atoms with Crippen LogP contribution in [0.4, 0.5) is 0 Å². The molecule has 0 aliphatic rings. The number of nitrogens with zero attached hydrogens (tertiary/aromatic N) is 5. The molecule has 0 unspecified atom stereocenters. The number of carbonyl (C=O) groups is 1. The van der Waals surface area contributed by atoms with E-state index in [9.17, 15) is 4.79 Å². The number of aryl methyl sites for hydroxylation is 1. The van der Waals surface area contributed by atoms with Gasteiger partial charge in [-0.1, -0.05) is 41.6 Å². The van der Waals surface area contributed by atoms with Crippen molar-refractivity contribution < 1.29 is 9.53 Å². The van der Waals surface area contributed by atoms with E-state index in [-0.39, 0.29) is 12.3 Å². The third-order valence-corrected chi connectivity index (χ3v) is 4.01. The minimum absolute atomic E-state index is 0.0888. The molecule has 0 saturated carbocycles. The summed E-state index contributed by atoms with van der Waals surface area (Å²) in [5.41, 5.74) is 3.86. The molecule has 0 saturated heterocycles. The van der Waals surface area contributed by atoms with Crippen molar-refractivity contribution in [3.63, 3.8) is 0 Å². The lowest BCUT2D eigenvalue weighted by Crippen LogP contribution is -2.06. The lowest BCUT2D eigenvalue weighted by Gasteiger charge is -2.00. The highest BCUT2D eigenvalue weighted by molar-refractivity contribution is 5.86. The second-order valence-electron chi connectivity index (χ2n) is 6.02. The minimum atomic E-state index is -0.516. The molecule has 0 fully saturated rings. The van der Waals surface area contributed by atoms with Gasteiger partial charge in [-0.2, -0.15) is 0 Å². The van der Waals surface area contributed by atoms with Crippen LogP contribution in [0.25, 0.3) is 5.65 Å². The van der Waals surface area contributed by atoms with Gasteiger partial charge in [-0.05, 0) is 24.1 Å². The summed E-state index contributed by atoms with van der Waals surface area (Å²) in [6.07, 6.45) is 5.35. The second-order valence-corrected chi connectivity index (χ2v) is 6.02. The van der Waals surface area contributed by atoms with Gasteiger partial charge in [0.2, 0.25) is 0 Å². The van der Waals surface area contributed by atoms with Crippen molar-refractivity contribution in [1.82, 2.24) is 24.4 Å². The van der Waals surface area contributed by atoms with Crippen LogP contribution in [0.15, 0.2) is 61.1 Å². The van der Waals surface area contributed by atoms with Crippen molar-refractivity contribution in [2.45, 2.75) is 20.1 Å². The first kappa shape index (κ1) is 16.0. The lowest BCUT2D eigenvalue weighted by molar-refractivity contribution is 0.0461. The van der Waals surface area contributed by atoms with E-state index in [0.717, 1.165) is 16.8 Å². The van der Waals surface area contributed by atoms with Crippen LogP contribution in [0.1, 0.15) is 27.3 Å². The molecule has 7 nitrogen and oxygen atoms in total. The maximum absolute atomic E-state index is 12.2. The zero-order valence-corrected chi connectivity index (χ0v) is 14.2. The molecule has 0 bridgehead atoms. The predicted octanol–water partition coefficient (Wildman–Crippen LogP) is 2.64. The second kappa shape index (κ2) is 6.79. The SMILES string of the molecule is Cc1cccn2cc(COC(=O)c3cn(Cc4ccccc4)nn3)nc12. The normalized spacial score (nSPS) is 11.0. The molecule has 4 aromatic rings. The molecule has 130 valence electrons. The number of fused-ring (bicyclic) bond motifs is 1. The number of benzene rings is 1. The Morgan fingerprint density at radius 1 is 1.12 bits per heavy atom. The first-order valence-corrected chi connectivity index (χ1v) is 8.23. The third kappa shape index (κ3) is 3.32. The fourth-order valence-electron chi connectivity index (χ4n) is 2.73. The zero-order valence-electron chi connectivity index (χ0n) is 14.2. The number of aromatic nitrogens is 5. The highest BCUT2D eigenvalue weighted by Crippen LogP contribution is 2.11. The number of esters is 1. The summed E-state index contributed by atoms with van der Waals surface area (Å²) in [6, 6.07) is 13.8. The zero-order chi connectivity index (χ0) is 17.9. The maximum Gasteiger partial charge on any atom is 0.360 e. The van der Waals surface area contributed by atoms with Gasteiger partial charge in [0.1, 0.15) is 12.3 Å². The van der Waals surface area contributed by atoms with Gasteiger partial charge in [-0.25, -0.2) is 14.5 Å². The Labute approximate surface area is 149 Å². The van der Waals surface area contributed by atoms with Crippen molar-refractivity contribution in [2.24, 2.45) is 0 Å². The molecule has 26 heavy (non-hydrogen) atoms. The molecule has 3 heterocycles. The average Bonchev–Trinajstić information content (AvgIpc) is 3.28. The number of ether oxygens (including phenoxy) is 1. The van der Waals surface area contributed by atoms with Crippen LogP contribution in [0, 0.1) is 6.92 Å². The molecule has 0 atom stereocenters. The monoisotopic (exact) mass is 347 g/mol. The maximum atomic E-state index is 12.2. The van der Waals surface area contributed by atoms with Crippen molar-refractivity contribution >= 4 is 11.6 Å². The predicted molar refractivity (Wildman–Crippen MR) is 94.6 cm³/mol. The molecule has 0 N–H and O–H groups in total. The van der Waals surface area contributed by atoms with Crippen LogP contribution in [0.3, 0.4) is 0 Å². The number of imidazole rings is 1. The van der Waals surface area contributed by atoms with Gasteiger partial charge < -0.3 is 9.14 Å². The van der Waals surface area contributed by atoms with Crippen molar-refractivity contribution in [3.05, 3.63) is 83.6 Å². The molecular formula is C19H17N5O2. The standard InChI is InChI=1S/C19H17N5O2/c1-14-6-5-9-23-11-16(20-18(14)23)13-26-19(25)17-12-24(22-21-17)10-15-7-3-2-4-8-15/h2-9,11-12H,10,13H2,1H3. The van der Waals surface area contributed by atoms with Gasteiger partial charge >= 0.3 is 5.97 Å². The van der Waals surface area contributed by atoms with E-state index < -0.39 is 5.97 Å². The third-order valence-electron chi connectivity index (χ3n) is 4.01. The van der Waals surface area contributed by atoms with Crippen LogP contribution in [-0.2, 0) is 17.9 Å². The Balaban J connectivity index is 1.41. The summed E-state index contributed by atoms with van der Waals surface area (Å²) < 4.78 is 8.84. The topological polar surface area (TPSA) is 74.3 Å². The van der Waals surface area contributed by atoms with Gasteiger partial charge in [0.15, 0.2) is 5.69 Å². The van der Waals surface area contributed by atoms with Crippen molar-refractivity contribution in [3.8, 4) is 0 Å². The number of hydrogen-bond acceptors (Lipinski definition) is 5. The molecule has 7 heteroatoms. The van der Waals surface area contributed by atoms with Crippen LogP contribution < -0.4 is 0 Å². The van der Waals surface area contributed by atoms with Gasteiger partial charge in [-0.3, -0.25) is 0 Å². The Morgan fingerprint density at radius 3 is 2.77 bits per heavy atom. The van der Waals surface area contributed by atoms with Crippen LogP contribution in [0.5, 0.6) is 0 Å². The number of pyridine rings is 1. The summed E-state index contributed by atoms with van der Waals surface area (Å²) in [4.78, 5) is 16.7. The van der Waals surface area contributed by atoms with E-state index in [1.165, 1.54) is 0 Å². The van der Waals surface area contributed by atoms with Crippen LogP contribution in [0.2, 0.25) is 0 Å². The minimum Gasteiger partial charge on any atom is -0.454 e. The molecule has 4 rings (SSSR count). The molecular weight excluding hydrogens is 330 g/mol. The van der Waals surface area contributed by atoms with Crippen LogP contribution in [-0.4, -0.2) is 30.3 Å². The van der Waals surface area contributed by atoms with E-state index in [1.54, 1.807) is 10.9 Å².